The summed E-state index contributed by atoms with van der Waals surface area (Å²) < 4.78 is 30.0. The smallest absolute Gasteiger partial charge is 0.328 e. The predicted molar refractivity (Wildman–Crippen MR) is 116 cm³/mol. The van der Waals surface area contributed by atoms with E-state index in [1.165, 1.54) is 4.90 Å². The zero-order valence-corrected chi connectivity index (χ0v) is 18.5. The highest BCUT2D eigenvalue weighted by molar-refractivity contribution is 6.30. The van der Waals surface area contributed by atoms with Gasteiger partial charge >= 0.3 is 6.03 Å². The number of benzene rings is 1. The van der Waals surface area contributed by atoms with Crippen LogP contribution in [0.1, 0.15) is 57.1 Å². The predicted octanol–water partition coefficient (Wildman–Crippen LogP) is 5.23. The molecule has 0 radical (unpaired) electrons. The molecule has 0 saturated carbocycles. The van der Waals surface area contributed by atoms with E-state index < -0.39 is 23.7 Å². The van der Waals surface area contributed by atoms with E-state index in [2.05, 4.69) is 20.3 Å². The maximum atomic E-state index is 15.1. The number of carbonyl (C=O) groups is 1. The minimum atomic E-state index is -1.09. The van der Waals surface area contributed by atoms with E-state index in [0.717, 1.165) is 17.8 Å². The molecule has 2 aromatic rings. The number of nitrogens with zero attached hydrogens (tertiary/aromatic N) is 3. The number of H-pyrrole nitrogens is 1. The Labute approximate surface area is 184 Å². The number of aromatic amines is 1. The summed E-state index contributed by atoms with van der Waals surface area (Å²) in [6.45, 7) is 7.93. The number of hydrogen-bond donors (Lipinski definition) is 2. The van der Waals surface area contributed by atoms with Crippen LogP contribution in [-0.4, -0.2) is 32.8 Å². The Kier molecular flexibility index (Phi) is 5.37. The Morgan fingerprint density at radius 3 is 2.74 bits per heavy atom. The molecule has 2 heterocycles. The van der Waals surface area contributed by atoms with Gasteiger partial charge in [0.05, 0.1) is 28.6 Å². The third-order valence-corrected chi connectivity index (χ3v) is 6.20. The van der Waals surface area contributed by atoms with Gasteiger partial charge in [-0.25, -0.2) is 18.6 Å². The van der Waals surface area contributed by atoms with Gasteiger partial charge in [0.15, 0.2) is 0 Å². The van der Waals surface area contributed by atoms with E-state index in [4.69, 9.17) is 11.6 Å². The van der Waals surface area contributed by atoms with Crippen molar-refractivity contribution in [3.8, 4) is 0 Å². The van der Waals surface area contributed by atoms with Gasteiger partial charge in [0, 0.05) is 11.4 Å². The number of hydrogen-bond acceptors (Lipinski definition) is 3. The summed E-state index contributed by atoms with van der Waals surface area (Å²) in [5, 5.41) is 2.52. The highest BCUT2D eigenvalue weighted by Crippen LogP contribution is 2.39. The number of halogens is 3. The molecule has 1 aliphatic heterocycles. The van der Waals surface area contributed by atoms with Crippen LogP contribution in [-0.2, 0) is 6.42 Å². The van der Waals surface area contributed by atoms with E-state index >= 15 is 4.39 Å². The number of rotatable bonds is 3. The lowest BCUT2D eigenvalue weighted by molar-refractivity contribution is 0.217. The SMILES string of the molecule is CC(N=C1NC(=O)N(C2=Cc3nc[nH]c3CC2)C1c1c(F)ccc(Cl)c1F)C(C)(C)C. The fraction of sp³-hybridized carbons (Fsp3) is 0.409. The minimum absolute atomic E-state index is 0.196. The number of amides is 2. The van der Waals surface area contributed by atoms with Crippen LogP contribution in [0.25, 0.3) is 6.08 Å². The normalized spacial score (nSPS) is 21.2. The molecule has 0 bridgehead atoms. The van der Waals surface area contributed by atoms with Crippen molar-refractivity contribution in [2.45, 2.75) is 52.6 Å². The fourth-order valence-electron chi connectivity index (χ4n) is 3.67. The van der Waals surface area contributed by atoms with Crippen LogP contribution < -0.4 is 5.32 Å². The monoisotopic (exact) mass is 447 g/mol. The van der Waals surface area contributed by atoms with Gasteiger partial charge in [-0.15, -0.1) is 0 Å². The number of allylic oxidation sites excluding steroid dienone is 1. The van der Waals surface area contributed by atoms with Crippen LogP contribution >= 0.6 is 11.6 Å². The number of carbonyl (C=O) groups excluding carboxylic acids is 1. The third kappa shape index (κ3) is 3.84. The number of nitrogens with one attached hydrogen (secondary N) is 2. The molecule has 2 aliphatic rings. The molecular formula is C22H24ClF2N5O. The molecule has 2 N–H and O–H groups in total. The summed E-state index contributed by atoms with van der Waals surface area (Å²) in [6, 6.07) is 0.466. The second kappa shape index (κ2) is 7.75. The average Bonchev–Trinajstić information content (AvgIpc) is 3.28. The number of aryl methyl sites for hydroxylation is 1. The number of aromatic nitrogens is 2. The van der Waals surface area contributed by atoms with Crippen LogP contribution in [0.2, 0.25) is 5.02 Å². The number of imidazole rings is 1. The maximum Gasteiger partial charge on any atom is 0.328 e. The number of amidine groups is 1. The zero-order chi connectivity index (χ0) is 22.5. The topological polar surface area (TPSA) is 73.4 Å². The fourth-order valence-corrected chi connectivity index (χ4v) is 3.83. The molecule has 2 amide bonds. The largest absolute Gasteiger partial charge is 0.348 e. The molecule has 1 aliphatic carbocycles. The van der Waals surface area contributed by atoms with Crippen LogP contribution in [0.15, 0.2) is 29.1 Å². The van der Waals surface area contributed by atoms with Gasteiger partial charge in [0.2, 0.25) is 0 Å². The average molecular weight is 448 g/mol. The molecule has 1 saturated heterocycles. The molecule has 1 aromatic carbocycles. The van der Waals surface area contributed by atoms with Crippen molar-refractivity contribution in [1.82, 2.24) is 20.2 Å². The van der Waals surface area contributed by atoms with Gasteiger partial charge in [-0.2, -0.15) is 0 Å². The van der Waals surface area contributed by atoms with E-state index in [-0.39, 0.29) is 27.9 Å². The molecule has 31 heavy (non-hydrogen) atoms. The molecule has 2 unspecified atom stereocenters. The lowest BCUT2D eigenvalue weighted by Crippen LogP contribution is -2.31. The van der Waals surface area contributed by atoms with Crippen molar-refractivity contribution in [3.63, 3.8) is 0 Å². The Morgan fingerprint density at radius 1 is 1.29 bits per heavy atom. The number of fused-ring (bicyclic) bond motifs is 1. The van der Waals surface area contributed by atoms with Crippen LogP contribution in [0.3, 0.4) is 0 Å². The quantitative estimate of drug-likeness (QED) is 0.632. The Morgan fingerprint density at radius 2 is 2.03 bits per heavy atom. The molecule has 1 fully saturated rings. The lowest BCUT2D eigenvalue weighted by Gasteiger charge is -2.29. The van der Waals surface area contributed by atoms with Gasteiger partial charge in [-0.3, -0.25) is 15.2 Å². The number of aliphatic imine (C=N–C) groups is 1. The van der Waals surface area contributed by atoms with Gasteiger partial charge < -0.3 is 4.98 Å². The summed E-state index contributed by atoms with van der Waals surface area (Å²) in [5.74, 6) is -1.50. The molecule has 6 nitrogen and oxygen atoms in total. The minimum Gasteiger partial charge on any atom is -0.348 e. The van der Waals surface area contributed by atoms with E-state index in [9.17, 15) is 9.18 Å². The molecule has 1 aromatic heterocycles. The van der Waals surface area contributed by atoms with Gasteiger partial charge in [-0.1, -0.05) is 32.4 Å². The maximum absolute atomic E-state index is 15.1. The summed E-state index contributed by atoms with van der Waals surface area (Å²) >= 11 is 5.98. The van der Waals surface area contributed by atoms with Crippen molar-refractivity contribution >= 4 is 29.5 Å². The molecule has 9 heteroatoms. The molecular weight excluding hydrogens is 424 g/mol. The van der Waals surface area contributed by atoms with E-state index in [1.54, 1.807) is 12.4 Å². The van der Waals surface area contributed by atoms with Gasteiger partial charge in [0.1, 0.15) is 23.5 Å². The van der Waals surface area contributed by atoms with E-state index in [0.29, 0.717) is 24.2 Å². The summed E-state index contributed by atoms with van der Waals surface area (Å²) in [5.41, 5.74) is 1.74. The van der Waals surface area contributed by atoms with Crippen LogP contribution in [0.5, 0.6) is 0 Å². The Hall–Kier alpha value is -2.74. The van der Waals surface area contributed by atoms with Crippen LogP contribution in [0.4, 0.5) is 13.6 Å². The Balaban J connectivity index is 1.88. The molecule has 164 valence electrons. The van der Waals surface area contributed by atoms with Gasteiger partial charge in [-0.05, 0) is 43.4 Å². The number of urea groups is 1. The summed E-state index contributed by atoms with van der Waals surface area (Å²) in [4.78, 5) is 26.4. The summed E-state index contributed by atoms with van der Waals surface area (Å²) in [6.07, 6.45) is 4.48. The first-order valence-corrected chi connectivity index (χ1v) is 10.5. The van der Waals surface area contributed by atoms with Crippen LogP contribution in [0, 0.1) is 17.0 Å². The standard InChI is InChI=1S/C22H24ClF2N5O/c1-11(22(2,3)4)28-20-19(17-14(24)7-6-13(23)18(17)25)30(21(31)29-20)12-5-8-15-16(9-12)27-10-26-15/h6-7,9-11,19H,5,8H2,1-4H3,(H,26,27)(H,28,29,31). The zero-order valence-electron chi connectivity index (χ0n) is 17.8. The Bertz CT molecular complexity index is 1100. The highest BCUT2D eigenvalue weighted by atomic mass is 35.5. The molecule has 0 spiro atoms. The first-order chi connectivity index (χ1) is 14.6. The second-order valence-corrected chi connectivity index (χ2v) is 9.33. The lowest BCUT2D eigenvalue weighted by atomic mass is 9.88. The van der Waals surface area contributed by atoms with Crippen molar-refractivity contribution in [2.24, 2.45) is 10.4 Å². The summed E-state index contributed by atoms with van der Waals surface area (Å²) in [7, 11) is 0. The first kappa shape index (κ1) is 21.5. The van der Waals surface area contributed by atoms with Crippen molar-refractivity contribution < 1.29 is 13.6 Å². The van der Waals surface area contributed by atoms with E-state index in [1.807, 2.05) is 27.7 Å². The molecule has 2 atom stereocenters. The van der Waals surface area contributed by atoms with Crippen molar-refractivity contribution in [3.05, 3.63) is 57.8 Å². The molecule has 4 rings (SSSR count). The van der Waals surface area contributed by atoms with Crippen molar-refractivity contribution in [2.75, 3.05) is 0 Å². The first-order valence-electron chi connectivity index (χ1n) is 10.1. The van der Waals surface area contributed by atoms with Crippen molar-refractivity contribution in [1.29, 1.82) is 0 Å². The van der Waals surface area contributed by atoms with Gasteiger partial charge in [0.25, 0.3) is 0 Å². The highest BCUT2D eigenvalue weighted by Gasteiger charge is 2.44. The second-order valence-electron chi connectivity index (χ2n) is 8.92. The third-order valence-electron chi connectivity index (χ3n) is 5.91.